The number of rotatable bonds is 6. The minimum atomic E-state index is -4.31. The topological polar surface area (TPSA) is 46.5 Å². The van der Waals surface area contributed by atoms with Gasteiger partial charge in [-0.15, -0.1) is 0 Å². The van der Waals surface area contributed by atoms with Crippen molar-refractivity contribution in [1.82, 2.24) is 0 Å². The van der Waals surface area contributed by atoms with E-state index in [1.165, 1.54) is 12.1 Å². The van der Waals surface area contributed by atoms with Crippen LogP contribution < -0.4 is 4.74 Å². The van der Waals surface area contributed by atoms with E-state index in [2.05, 4.69) is 0 Å². The number of halogens is 4. The highest BCUT2D eigenvalue weighted by atomic mass is 35.5. The first-order valence-corrected chi connectivity index (χ1v) is 6.69. The Bertz CT molecular complexity index is 503. The van der Waals surface area contributed by atoms with Gasteiger partial charge in [-0.2, -0.15) is 13.2 Å². The predicted molar refractivity (Wildman–Crippen MR) is 72.1 cm³/mol. The van der Waals surface area contributed by atoms with Crippen LogP contribution in [-0.4, -0.2) is 28.9 Å². The molecule has 0 aromatic heterocycles. The standard InChI is InChI=1S/C12H10ClF3O3S/c13-9-3-1-2-8(4-5-10(17)18)11(9)19-6-7-20-12(14,15)16/h1-5H,6-7H2,(H,17,18)/b5-4+. The summed E-state index contributed by atoms with van der Waals surface area (Å²) in [6.07, 6.45) is 2.16. The van der Waals surface area contributed by atoms with Crippen molar-refractivity contribution < 1.29 is 27.8 Å². The van der Waals surface area contributed by atoms with Gasteiger partial charge in [-0.3, -0.25) is 0 Å². The van der Waals surface area contributed by atoms with Crippen LogP contribution >= 0.6 is 23.4 Å². The van der Waals surface area contributed by atoms with Crippen molar-refractivity contribution in [2.45, 2.75) is 5.51 Å². The molecule has 0 bridgehead atoms. The summed E-state index contributed by atoms with van der Waals surface area (Å²) in [5, 5.41) is 8.75. The van der Waals surface area contributed by atoms with Crippen molar-refractivity contribution >= 4 is 35.4 Å². The Morgan fingerprint density at radius 2 is 2.15 bits per heavy atom. The Hall–Kier alpha value is -1.34. The second-order valence-electron chi connectivity index (χ2n) is 3.47. The van der Waals surface area contributed by atoms with Crippen LogP contribution in [0.4, 0.5) is 13.2 Å². The van der Waals surface area contributed by atoms with Crippen LogP contribution in [-0.2, 0) is 4.79 Å². The largest absolute Gasteiger partial charge is 0.491 e. The molecule has 0 amide bonds. The second kappa shape index (κ2) is 7.44. The highest BCUT2D eigenvalue weighted by molar-refractivity contribution is 8.00. The maximum atomic E-state index is 12.0. The maximum Gasteiger partial charge on any atom is 0.441 e. The molecule has 1 aromatic rings. The van der Waals surface area contributed by atoms with Crippen molar-refractivity contribution in [1.29, 1.82) is 0 Å². The average molecular weight is 327 g/mol. The SMILES string of the molecule is O=C(O)/C=C/c1cccc(Cl)c1OCCSC(F)(F)F. The molecule has 20 heavy (non-hydrogen) atoms. The van der Waals surface area contributed by atoms with Gasteiger partial charge in [0, 0.05) is 17.4 Å². The number of benzene rings is 1. The van der Waals surface area contributed by atoms with Crippen LogP contribution in [0.3, 0.4) is 0 Å². The molecule has 0 fully saturated rings. The summed E-state index contributed by atoms with van der Waals surface area (Å²) in [4.78, 5) is 10.5. The first-order chi connectivity index (χ1) is 9.29. The molecule has 0 aliphatic carbocycles. The molecule has 1 rings (SSSR count). The van der Waals surface area contributed by atoms with E-state index in [1.54, 1.807) is 12.1 Å². The van der Waals surface area contributed by atoms with Crippen molar-refractivity contribution in [3.05, 3.63) is 34.9 Å². The smallest absolute Gasteiger partial charge is 0.441 e. The molecule has 0 unspecified atom stereocenters. The van der Waals surface area contributed by atoms with Gasteiger partial charge in [-0.1, -0.05) is 23.7 Å². The van der Waals surface area contributed by atoms with E-state index in [1.807, 2.05) is 0 Å². The van der Waals surface area contributed by atoms with E-state index in [0.717, 1.165) is 6.08 Å². The van der Waals surface area contributed by atoms with E-state index in [9.17, 15) is 18.0 Å². The molecule has 3 nitrogen and oxygen atoms in total. The Morgan fingerprint density at radius 3 is 2.75 bits per heavy atom. The lowest BCUT2D eigenvalue weighted by atomic mass is 10.2. The third-order valence-electron chi connectivity index (χ3n) is 2.00. The predicted octanol–water partition coefficient (Wildman–Crippen LogP) is 4.07. The fraction of sp³-hybridized carbons (Fsp3) is 0.250. The normalized spacial score (nSPS) is 11.8. The molecule has 0 spiro atoms. The molecule has 0 atom stereocenters. The molecule has 0 saturated carbocycles. The molecule has 1 N–H and O–H groups in total. The number of carbonyl (C=O) groups is 1. The number of alkyl halides is 3. The van der Waals surface area contributed by atoms with Gasteiger partial charge < -0.3 is 9.84 Å². The number of thioether (sulfide) groups is 1. The summed E-state index contributed by atoms with van der Waals surface area (Å²) in [5.74, 6) is -1.27. The lowest BCUT2D eigenvalue weighted by molar-refractivity contribution is -0.131. The van der Waals surface area contributed by atoms with E-state index in [4.69, 9.17) is 21.4 Å². The number of para-hydroxylation sites is 1. The summed E-state index contributed by atoms with van der Waals surface area (Å²) in [6, 6.07) is 4.64. The number of ether oxygens (including phenoxy) is 1. The molecule has 1 aromatic carbocycles. The van der Waals surface area contributed by atoms with Gasteiger partial charge in [-0.25, -0.2) is 4.79 Å². The highest BCUT2D eigenvalue weighted by Crippen LogP contribution is 2.32. The molecule has 8 heteroatoms. The minimum absolute atomic E-state index is 0.162. The Labute approximate surface area is 122 Å². The monoisotopic (exact) mass is 326 g/mol. The quantitative estimate of drug-likeness (QED) is 0.632. The van der Waals surface area contributed by atoms with Gasteiger partial charge in [0.15, 0.2) is 0 Å². The summed E-state index contributed by atoms with van der Waals surface area (Å²) >= 11 is 5.68. The van der Waals surface area contributed by atoms with Gasteiger partial charge in [0.05, 0.1) is 11.6 Å². The van der Waals surface area contributed by atoms with Crippen molar-refractivity contribution in [2.75, 3.05) is 12.4 Å². The minimum Gasteiger partial charge on any atom is -0.491 e. The molecular weight excluding hydrogens is 317 g/mol. The average Bonchev–Trinajstić information content (AvgIpc) is 2.32. The fourth-order valence-electron chi connectivity index (χ4n) is 1.27. The zero-order chi connectivity index (χ0) is 15.2. The van der Waals surface area contributed by atoms with Gasteiger partial charge in [0.1, 0.15) is 5.75 Å². The molecule has 0 aliphatic rings. The zero-order valence-corrected chi connectivity index (χ0v) is 11.6. The number of aliphatic carboxylic acids is 1. The third kappa shape index (κ3) is 6.21. The van der Waals surface area contributed by atoms with Gasteiger partial charge in [0.25, 0.3) is 0 Å². The molecule has 0 aliphatic heterocycles. The van der Waals surface area contributed by atoms with Crippen LogP contribution in [0.1, 0.15) is 5.56 Å². The van der Waals surface area contributed by atoms with Crippen LogP contribution in [0, 0.1) is 0 Å². The number of carboxylic acids is 1. The van der Waals surface area contributed by atoms with Crippen molar-refractivity contribution in [2.24, 2.45) is 0 Å². The Morgan fingerprint density at radius 1 is 1.45 bits per heavy atom. The Kier molecular flexibility index (Phi) is 6.22. The molecular formula is C12H10ClF3O3S. The molecule has 0 saturated heterocycles. The van der Waals surface area contributed by atoms with E-state index >= 15 is 0 Å². The first kappa shape index (κ1) is 16.7. The molecule has 110 valence electrons. The van der Waals surface area contributed by atoms with Gasteiger partial charge in [0.2, 0.25) is 0 Å². The van der Waals surface area contributed by atoms with Crippen LogP contribution in [0.25, 0.3) is 6.08 Å². The van der Waals surface area contributed by atoms with E-state index in [0.29, 0.717) is 5.56 Å². The van der Waals surface area contributed by atoms with Crippen molar-refractivity contribution in [3.8, 4) is 5.75 Å². The first-order valence-electron chi connectivity index (χ1n) is 5.32. The van der Waals surface area contributed by atoms with Gasteiger partial charge >= 0.3 is 11.5 Å². The summed E-state index contributed by atoms with van der Waals surface area (Å²) in [5.41, 5.74) is -3.92. The van der Waals surface area contributed by atoms with Crippen molar-refractivity contribution in [3.63, 3.8) is 0 Å². The maximum absolute atomic E-state index is 12.0. The fourth-order valence-corrected chi connectivity index (χ4v) is 1.91. The second-order valence-corrected chi connectivity index (χ2v) is 5.04. The summed E-state index contributed by atoms with van der Waals surface area (Å²) in [6.45, 7) is -0.193. The van der Waals surface area contributed by atoms with Crippen LogP contribution in [0.2, 0.25) is 5.02 Å². The number of hydrogen-bond donors (Lipinski definition) is 1. The molecule has 0 heterocycles. The van der Waals surface area contributed by atoms with Gasteiger partial charge in [-0.05, 0) is 23.9 Å². The third-order valence-corrected chi connectivity index (χ3v) is 2.99. The highest BCUT2D eigenvalue weighted by Gasteiger charge is 2.27. The van der Waals surface area contributed by atoms with E-state index in [-0.39, 0.29) is 34.9 Å². The number of hydrogen-bond acceptors (Lipinski definition) is 3. The molecule has 0 radical (unpaired) electrons. The Balaban J connectivity index is 2.71. The summed E-state index contributed by atoms with van der Waals surface area (Å²) in [7, 11) is 0. The zero-order valence-electron chi connectivity index (χ0n) is 9.98. The number of carboxylic acid groups (broad SMARTS) is 1. The lowest BCUT2D eigenvalue weighted by Crippen LogP contribution is -2.08. The summed E-state index contributed by atoms with van der Waals surface area (Å²) < 4.78 is 41.1. The van der Waals surface area contributed by atoms with E-state index < -0.39 is 11.5 Å². The van der Waals surface area contributed by atoms with Crippen LogP contribution in [0.15, 0.2) is 24.3 Å². The van der Waals surface area contributed by atoms with Crippen LogP contribution in [0.5, 0.6) is 5.75 Å². The lowest BCUT2D eigenvalue weighted by Gasteiger charge is -2.11.